The van der Waals surface area contributed by atoms with E-state index in [4.69, 9.17) is 9.84 Å². The van der Waals surface area contributed by atoms with Gasteiger partial charge in [-0.15, -0.1) is 0 Å². The van der Waals surface area contributed by atoms with Crippen LogP contribution in [0.25, 0.3) is 0 Å². The van der Waals surface area contributed by atoms with Gasteiger partial charge < -0.3 is 15.2 Å². The molecule has 0 aliphatic carbocycles. The SMILES string of the molecule is CNc1c(CC=C(C)CCC(=O)O)c(C)c(C)c2c1C(=O)OC2. The molecule has 0 radical (unpaired) electrons. The summed E-state index contributed by atoms with van der Waals surface area (Å²) in [5, 5.41) is 11.9. The van der Waals surface area contributed by atoms with Gasteiger partial charge in [-0.3, -0.25) is 4.79 Å². The molecule has 0 aromatic heterocycles. The number of allylic oxidation sites excluding steroid dienone is 2. The van der Waals surface area contributed by atoms with E-state index in [2.05, 4.69) is 12.2 Å². The number of esters is 1. The van der Waals surface area contributed by atoms with E-state index >= 15 is 0 Å². The number of nitrogens with one attached hydrogen (secondary N) is 1. The third-order valence-corrected chi connectivity index (χ3v) is 4.51. The molecule has 0 unspecified atom stereocenters. The quantitative estimate of drug-likeness (QED) is 0.621. The Labute approximate surface area is 136 Å². The highest BCUT2D eigenvalue weighted by Gasteiger charge is 2.29. The number of ether oxygens (including phenoxy) is 1. The van der Waals surface area contributed by atoms with E-state index in [-0.39, 0.29) is 12.4 Å². The molecule has 0 bridgehead atoms. The van der Waals surface area contributed by atoms with Gasteiger partial charge in [0.2, 0.25) is 0 Å². The van der Waals surface area contributed by atoms with Crippen molar-refractivity contribution in [3.8, 4) is 0 Å². The van der Waals surface area contributed by atoms with Crippen molar-refractivity contribution in [2.24, 2.45) is 0 Å². The molecule has 0 fully saturated rings. The fourth-order valence-electron chi connectivity index (χ4n) is 2.96. The second-order valence-corrected chi connectivity index (χ2v) is 5.93. The summed E-state index contributed by atoms with van der Waals surface area (Å²) in [6.45, 7) is 6.34. The minimum atomic E-state index is -0.791. The fraction of sp³-hybridized carbons (Fsp3) is 0.444. The summed E-state index contributed by atoms with van der Waals surface area (Å²) in [5.74, 6) is -1.07. The van der Waals surface area contributed by atoms with Crippen LogP contribution in [0.15, 0.2) is 11.6 Å². The number of fused-ring (bicyclic) bond motifs is 1. The van der Waals surface area contributed by atoms with Crippen molar-refractivity contribution in [3.63, 3.8) is 0 Å². The molecule has 1 aromatic rings. The first-order valence-electron chi connectivity index (χ1n) is 7.74. The Morgan fingerprint density at radius 2 is 2.00 bits per heavy atom. The van der Waals surface area contributed by atoms with Crippen molar-refractivity contribution >= 4 is 17.6 Å². The first-order chi connectivity index (χ1) is 10.9. The minimum Gasteiger partial charge on any atom is -0.481 e. The van der Waals surface area contributed by atoms with E-state index in [0.717, 1.165) is 33.5 Å². The number of hydrogen-bond acceptors (Lipinski definition) is 4. The Bertz CT molecular complexity index is 689. The molecule has 0 amide bonds. The number of benzene rings is 1. The van der Waals surface area contributed by atoms with Gasteiger partial charge in [0.05, 0.1) is 11.3 Å². The Morgan fingerprint density at radius 1 is 1.30 bits per heavy atom. The number of cyclic esters (lactones) is 1. The molecule has 0 atom stereocenters. The number of carboxylic acids is 1. The number of anilines is 1. The Balaban J connectivity index is 2.37. The normalized spacial score (nSPS) is 13.7. The molecule has 1 heterocycles. The van der Waals surface area contributed by atoms with Crippen molar-refractivity contribution in [2.45, 2.75) is 46.6 Å². The molecule has 5 heteroatoms. The molecular weight excluding hydrogens is 294 g/mol. The maximum absolute atomic E-state index is 12.0. The number of hydrogen-bond donors (Lipinski definition) is 2. The largest absolute Gasteiger partial charge is 0.481 e. The molecule has 1 aliphatic rings. The molecule has 0 saturated carbocycles. The molecular formula is C18H23NO4. The Hall–Kier alpha value is -2.30. The fourth-order valence-corrected chi connectivity index (χ4v) is 2.96. The Morgan fingerprint density at radius 3 is 2.61 bits per heavy atom. The van der Waals surface area contributed by atoms with Gasteiger partial charge in [-0.1, -0.05) is 11.6 Å². The molecule has 5 nitrogen and oxygen atoms in total. The average molecular weight is 317 g/mol. The molecule has 2 rings (SSSR count). The number of carbonyl (C=O) groups excluding carboxylic acids is 1. The number of aliphatic carboxylic acids is 1. The van der Waals surface area contributed by atoms with Gasteiger partial charge in [0, 0.05) is 19.0 Å². The topological polar surface area (TPSA) is 75.6 Å². The van der Waals surface area contributed by atoms with Gasteiger partial charge in [0.25, 0.3) is 0 Å². The van der Waals surface area contributed by atoms with Gasteiger partial charge in [-0.2, -0.15) is 0 Å². The van der Waals surface area contributed by atoms with Crippen LogP contribution in [0.1, 0.15) is 52.4 Å². The van der Waals surface area contributed by atoms with Crippen LogP contribution in [0.2, 0.25) is 0 Å². The van der Waals surface area contributed by atoms with E-state index in [1.165, 1.54) is 0 Å². The lowest BCUT2D eigenvalue weighted by atomic mass is 9.90. The third-order valence-electron chi connectivity index (χ3n) is 4.51. The summed E-state index contributed by atoms with van der Waals surface area (Å²) in [6, 6.07) is 0. The van der Waals surface area contributed by atoms with E-state index in [0.29, 0.717) is 25.0 Å². The maximum atomic E-state index is 12.0. The van der Waals surface area contributed by atoms with E-state index in [1.54, 1.807) is 7.05 Å². The van der Waals surface area contributed by atoms with Crippen LogP contribution < -0.4 is 5.32 Å². The second kappa shape index (κ2) is 6.86. The number of carboxylic acid groups (broad SMARTS) is 1. The first-order valence-corrected chi connectivity index (χ1v) is 7.74. The van der Waals surface area contributed by atoms with Gasteiger partial charge in [0.15, 0.2) is 0 Å². The summed E-state index contributed by atoms with van der Waals surface area (Å²) in [7, 11) is 1.81. The highest BCUT2D eigenvalue weighted by molar-refractivity contribution is 6.01. The van der Waals surface area contributed by atoms with E-state index in [1.807, 2.05) is 19.9 Å². The molecule has 124 valence electrons. The molecule has 2 N–H and O–H groups in total. The average Bonchev–Trinajstić information content (AvgIpc) is 2.89. The highest BCUT2D eigenvalue weighted by Crippen LogP contribution is 2.36. The van der Waals surface area contributed by atoms with Crippen LogP contribution in [-0.4, -0.2) is 24.1 Å². The van der Waals surface area contributed by atoms with Gasteiger partial charge in [0.1, 0.15) is 6.61 Å². The maximum Gasteiger partial charge on any atom is 0.341 e. The monoisotopic (exact) mass is 317 g/mol. The summed E-state index contributed by atoms with van der Waals surface area (Å²) < 4.78 is 5.19. The van der Waals surface area contributed by atoms with E-state index < -0.39 is 5.97 Å². The Kier molecular flexibility index (Phi) is 5.08. The van der Waals surface area contributed by atoms with Gasteiger partial charge in [-0.25, -0.2) is 4.79 Å². The summed E-state index contributed by atoms with van der Waals surface area (Å²) >= 11 is 0. The van der Waals surface area contributed by atoms with Crippen LogP contribution >= 0.6 is 0 Å². The smallest absolute Gasteiger partial charge is 0.341 e. The van der Waals surface area contributed by atoms with E-state index in [9.17, 15) is 9.59 Å². The van der Waals surface area contributed by atoms with Crippen molar-refractivity contribution in [3.05, 3.63) is 39.5 Å². The van der Waals surface area contributed by atoms with Crippen LogP contribution in [0.4, 0.5) is 5.69 Å². The lowest BCUT2D eigenvalue weighted by Crippen LogP contribution is -2.08. The first kappa shape index (κ1) is 17.1. The predicted molar refractivity (Wildman–Crippen MR) is 88.9 cm³/mol. The zero-order valence-corrected chi connectivity index (χ0v) is 14.1. The van der Waals surface area contributed by atoms with Crippen molar-refractivity contribution < 1.29 is 19.4 Å². The third kappa shape index (κ3) is 3.38. The zero-order valence-electron chi connectivity index (χ0n) is 14.1. The van der Waals surface area contributed by atoms with Gasteiger partial charge in [-0.05, 0) is 50.3 Å². The molecule has 0 spiro atoms. The lowest BCUT2D eigenvalue weighted by molar-refractivity contribution is -0.136. The van der Waals surface area contributed by atoms with Gasteiger partial charge >= 0.3 is 11.9 Å². The summed E-state index contributed by atoms with van der Waals surface area (Å²) in [4.78, 5) is 22.7. The summed E-state index contributed by atoms with van der Waals surface area (Å²) in [5.41, 5.74) is 6.78. The zero-order chi connectivity index (χ0) is 17.1. The molecule has 23 heavy (non-hydrogen) atoms. The predicted octanol–water partition coefficient (Wildman–Crippen LogP) is 3.37. The van der Waals surface area contributed by atoms with Crippen LogP contribution in [0.3, 0.4) is 0 Å². The highest BCUT2D eigenvalue weighted by atomic mass is 16.5. The lowest BCUT2D eigenvalue weighted by Gasteiger charge is -2.17. The number of rotatable bonds is 6. The van der Waals surface area contributed by atoms with Crippen molar-refractivity contribution in [1.29, 1.82) is 0 Å². The standard InChI is InChI=1S/C18H23NO4/c1-10(6-8-15(20)21)5-7-13-11(2)12(3)14-9-23-18(22)16(14)17(13)19-4/h5,19H,6-9H2,1-4H3,(H,20,21). The van der Waals surface area contributed by atoms with Crippen molar-refractivity contribution in [1.82, 2.24) is 0 Å². The molecule has 1 aliphatic heterocycles. The summed E-state index contributed by atoms with van der Waals surface area (Å²) in [6.07, 6.45) is 3.37. The molecule has 0 saturated heterocycles. The second-order valence-electron chi connectivity index (χ2n) is 5.93. The van der Waals surface area contributed by atoms with Crippen LogP contribution in [0.5, 0.6) is 0 Å². The van der Waals surface area contributed by atoms with Crippen LogP contribution in [0, 0.1) is 13.8 Å². The van der Waals surface area contributed by atoms with Crippen molar-refractivity contribution in [2.75, 3.05) is 12.4 Å². The molecule has 1 aromatic carbocycles. The van der Waals surface area contributed by atoms with Crippen LogP contribution in [-0.2, 0) is 22.6 Å². The number of carbonyl (C=O) groups is 2. The minimum absolute atomic E-state index is 0.135.